The van der Waals surface area contributed by atoms with E-state index in [-0.39, 0.29) is 5.41 Å². The first-order valence-electron chi connectivity index (χ1n) is 14.4. The Bertz CT molecular complexity index is 1900. The van der Waals surface area contributed by atoms with Crippen LogP contribution in [0, 0.1) is 0 Å². The summed E-state index contributed by atoms with van der Waals surface area (Å²) < 4.78 is 7.15. The maximum Gasteiger partial charge on any atom is 0.0523 e. The molecule has 4 heteroatoms. The van der Waals surface area contributed by atoms with Gasteiger partial charge in [0.25, 0.3) is 0 Å². The Morgan fingerprint density at radius 3 is 2.39 bits per heavy atom. The van der Waals surface area contributed by atoms with E-state index >= 15 is 0 Å². The van der Waals surface area contributed by atoms with Crippen molar-refractivity contribution in [2.24, 2.45) is 0 Å². The second kappa shape index (κ2) is 10.0. The van der Waals surface area contributed by atoms with Crippen molar-refractivity contribution in [3.8, 4) is 22.3 Å². The summed E-state index contributed by atoms with van der Waals surface area (Å²) in [7, 11) is 0. The van der Waals surface area contributed by atoms with E-state index in [0.717, 1.165) is 44.2 Å². The monoisotopic (exact) mass is 571 g/mol. The number of fused-ring (bicyclic) bond motifs is 4. The Hall–Kier alpha value is -3.63. The lowest BCUT2D eigenvalue weighted by Crippen LogP contribution is -2.38. The van der Waals surface area contributed by atoms with Crippen LogP contribution in [0.5, 0.6) is 0 Å². The number of hydrogen-bond acceptors (Lipinski definition) is 3. The highest BCUT2D eigenvalue weighted by molar-refractivity contribution is 7.19. The Balaban J connectivity index is 1.14. The average Bonchev–Trinajstić information content (AvgIpc) is 3.54. The summed E-state index contributed by atoms with van der Waals surface area (Å²) in [5.74, 6) is 0. The predicted molar refractivity (Wildman–Crippen MR) is 174 cm³/mol. The minimum absolute atomic E-state index is 0.145. The SMILES string of the molecule is Clc1ccc2sc(CN3CC4(CCOCC4)c4cc(-c5ccc(-c6cccc7ccccc67)cc5)ccc43)cc2c1. The highest BCUT2D eigenvalue weighted by atomic mass is 35.5. The van der Waals surface area contributed by atoms with Gasteiger partial charge in [-0.3, -0.25) is 0 Å². The number of halogens is 1. The molecule has 0 saturated carbocycles. The fourth-order valence-electron chi connectivity index (χ4n) is 6.94. The lowest BCUT2D eigenvalue weighted by atomic mass is 9.75. The molecule has 41 heavy (non-hydrogen) atoms. The minimum Gasteiger partial charge on any atom is -0.381 e. The molecule has 0 unspecified atom stereocenters. The third kappa shape index (κ3) is 4.44. The lowest BCUT2D eigenvalue weighted by Gasteiger charge is -2.34. The first-order valence-corrected chi connectivity index (χ1v) is 15.6. The van der Waals surface area contributed by atoms with Crippen molar-refractivity contribution in [3.63, 3.8) is 0 Å². The normalized spacial score (nSPS) is 16.1. The van der Waals surface area contributed by atoms with E-state index in [1.54, 1.807) is 0 Å². The number of thiophene rings is 1. The van der Waals surface area contributed by atoms with E-state index in [0.29, 0.717) is 0 Å². The van der Waals surface area contributed by atoms with E-state index in [4.69, 9.17) is 16.3 Å². The highest BCUT2D eigenvalue weighted by Gasteiger charge is 2.43. The van der Waals surface area contributed by atoms with Gasteiger partial charge in [-0.15, -0.1) is 11.3 Å². The molecule has 0 N–H and O–H groups in total. The third-order valence-corrected chi connectivity index (χ3v) is 10.4. The molecule has 0 atom stereocenters. The highest BCUT2D eigenvalue weighted by Crippen LogP contribution is 2.49. The maximum atomic E-state index is 6.27. The van der Waals surface area contributed by atoms with Crippen molar-refractivity contribution in [1.29, 1.82) is 0 Å². The fourth-order valence-corrected chi connectivity index (χ4v) is 8.18. The molecule has 0 bridgehead atoms. The van der Waals surface area contributed by atoms with Gasteiger partial charge in [0.2, 0.25) is 0 Å². The van der Waals surface area contributed by atoms with Crippen LogP contribution >= 0.6 is 22.9 Å². The van der Waals surface area contributed by atoms with E-state index < -0.39 is 0 Å². The second-order valence-electron chi connectivity index (χ2n) is 11.5. The number of hydrogen-bond donors (Lipinski definition) is 0. The van der Waals surface area contributed by atoms with Crippen LogP contribution in [-0.4, -0.2) is 19.8 Å². The van der Waals surface area contributed by atoms with Crippen molar-refractivity contribution in [2.45, 2.75) is 24.8 Å². The summed E-state index contributed by atoms with van der Waals surface area (Å²) >= 11 is 8.15. The molecule has 1 saturated heterocycles. The lowest BCUT2D eigenvalue weighted by molar-refractivity contribution is 0.0553. The third-order valence-electron chi connectivity index (χ3n) is 9.05. The molecule has 0 aliphatic carbocycles. The second-order valence-corrected chi connectivity index (χ2v) is 13.1. The Kier molecular flexibility index (Phi) is 6.14. The van der Waals surface area contributed by atoms with Crippen LogP contribution in [-0.2, 0) is 16.7 Å². The number of benzene rings is 5. The zero-order valence-corrected chi connectivity index (χ0v) is 24.3. The summed E-state index contributed by atoms with van der Waals surface area (Å²) in [6.45, 7) is 3.63. The van der Waals surface area contributed by atoms with Gasteiger partial charge in [0.1, 0.15) is 0 Å². The van der Waals surface area contributed by atoms with Gasteiger partial charge in [0.05, 0.1) is 6.54 Å². The summed E-state index contributed by atoms with van der Waals surface area (Å²) in [5.41, 5.74) is 8.09. The number of ether oxygens (including phenoxy) is 1. The van der Waals surface area contributed by atoms with Gasteiger partial charge >= 0.3 is 0 Å². The van der Waals surface area contributed by atoms with Crippen LogP contribution in [0.15, 0.2) is 109 Å². The molecule has 0 amide bonds. The molecule has 2 aliphatic rings. The van der Waals surface area contributed by atoms with Gasteiger partial charge in [0.15, 0.2) is 0 Å². The largest absolute Gasteiger partial charge is 0.381 e. The Morgan fingerprint density at radius 1 is 0.732 bits per heavy atom. The number of nitrogens with zero attached hydrogens (tertiary/aromatic N) is 1. The molecular weight excluding hydrogens is 542 g/mol. The topological polar surface area (TPSA) is 12.5 Å². The zero-order chi connectivity index (χ0) is 27.4. The van der Waals surface area contributed by atoms with Crippen molar-refractivity contribution < 1.29 is 4.74 Å². The van der Waals surface area contributed by atoms with E-state index in [2.05, 4.69) is 108 Å². The van der Waals surface area contributed by atoms with E-state index in [9.17, 15) is 0 Å². The van der Waals surface area contributed by atoms with Crippen molar-refractivity contribution in [1.82, 2.24) is 0 Å². The van der Waals surface area contributed by atoms with Crippen molar-refractivity contribution in [2.75, 3.05) is 24.7 Å². The molecule has 5 aromatic carbocycles. The number of anilines is 1. The van der Waals surface area contributed by atoms with Crippen LogP contribution in [0.1, 0.15) is 23.3 Å². The molecule has 2 aliphatic heterocycles. The summed E-state index contributed by atoms with van der Waals surface area (Å²) in [6, 6.07) is 39.9. The smallest absolute Gasteiger partial charge is 0.0523 e. The van der Waals surface area contributed by atoms with Crippen LogP contribution < -0.4 is 4.90 Å². The molecule has 8 rings (SSSR count). The van der Waals surface area contributed by atoms with E-state index in [1.165, 1.54) is 59.2 Å². The molecule has 1 fully saturated rings. The van der Waals surface area contributed by atoms with Crippen molar-refractivity contribution in [3.05, 3.63) is 125 Å². The molecule has 1 spiro atoms. The van der Waals surface area contributed by atoms with Crippen molar-refractivity contribution >= 4 is 49.5 Å². The van der Waals surface area contributed by atoms with Gasteiger partial charge in [-0.05, 0) is 93.2 Å². The molecular formula is C37H30ClNOS. The van der Waals surface area contributed by atoms with Gasteiger partial charge in [-0.2, -0.15) is 0 Å². The molecule has 1 aromatic heterocycles. The fraction of sp³-hybridized carbons (Fsp3) is 0.189. The number of rotatable bonds is 4. The van der Waals surface area contributed by atoms with Gasteiger partial charge < -0.3 is 9.64 Å². The molecule has 0 radical (unpaired) electrons. The molecule has 2 nitrogen and oxygen atoms in total. The maximum absolute atomic E-state index is 6.27. The summed E-state index contributed by atoms with van der Waals surface area (Å²) in [4.78, 5) is 3.98. The first kappa shape index (κ1) is 25.1. The van der Waals surface area contributed by atoms with Crippen LogP contribution in [0.2, 0.25) is 5.02 Å². The van der Waals surface area contributed by atoms with Gasteiger partial charge in [-0.1, -0.05) is 84.4 Å². The average molecular weight is 572 g/mol. The van der Waals surface area contributed by atoms with Gasteiger partial charge in [-0.25, -0.2) is 0 Å². The molecule has 6 aromatic rings. The summed E-state index contributed by atoms with van der Waals surface area (Å²) in [6.07, 6.45) is 2.14. The summed E-state index contributed by atoms with van der Waals surface area (Å²) in [5, 5.41) is 4.61. The van der Waals surface area contributed by atoms with Gasteiger partial charge in [0, 0.05) is 45.5 Å². The first-order chi connectivity index (χ1) is 20.1. The molecule has 3 heterocycles. The Morgan fingerprint density at radius 2 is 1.51 bits per heavy atom. The standard InChI is InChI=1S/C37H30ClNOS/c38-30-13-15-36-29(20-30)21-31(41-36)23-39-24-37(16-18-40-19-17-37)34-22-28(12-14-35(34)39)25-8-10-27(11-9-25)33-7-3-5-26-4-1-2-6-32(26)33/h1-15,20-22H,16-19,23-24H2. The van der Waals surface area contributed by atoms with E-state index in [1.807, 2.05) is 17.4 Å². The minimum atomic E-state index is 0.145. The van der Waals surface area contributed by atoms with Crippen LogP contribution in [0.25, 0.3) is 43.1 Å². The quantitative estimate of drug-likeness (QED) is 0.209. The zero-order valence-electron chi connectivity index (χ0n) is 22.8. The van der Waals surface area contributed by atoms with Crippen LogP contribution in [0.4, 0.5) is 5.69 Å². The molecule has 202 valence electrons. The van der Waals surface area contributed by atoms with Crippen LogP contribution in [0.3, 0.4) is 0 Å². The Labute approximate surface area is 249 Å². The predicted octanol–water partition coefficient (Wildman–Crippen LogP) is 10.1.